The molecule has 22 heavy (non-hydrogen) atoms. The summed E-state index contributed by atoms with van der Waals surface area (Å²) in [7, 11) is 0. The Kier molecular flexibility index (Phi) is 3.48. The zero-order valence-electron chi connectivity index (χ0n) is 13.7. The highest BCUT2D eigenvalue weighted by Crippen LogP contribution is 2.40. The molecule has 2 aromatic rings. The molecule has 1 heterocycles. The largest absolute Gasteiger partial charge is 0.347 e. The summed E-state index contributed by atoms with van der Waals surface area (Å²) in [5, 5.41) is 3.04. The third-order valence-corrected chi connectivity index (χ3v) is 3.79. The predicted octanol–water partition coefficient (Wildman–Crippen LogP) is 2.92. The van der Waals surface area contributed by atoms with E-state index < -0.39 is 0 Å². The van der Waals surface area contributed by atoms with Gasteiger partial charge in [-0.3, -0.25) is 4.79 Å². The third-order valence-electron chi connectivity index (χ3n) is 3.79. The smallest absolute Gasteiger partial charge is 0.253 e. The molecule has 0 unspecified atom stereocenters. The number of hydrogen-bond donors (Lipinski definition) is 2. The molecule has 5 heteroatoms. The van der Waals surface area contributed by atoms with Gasteiger partial charge in [0.1, 0.15) is 5.82 Å². The van der Waals surface area contributed by atoms with Crippen LogP contribution in [0.1, 0.15) is 68.8 Å². The number of aromatic nitrogens is 2. The van der Waals surface area contributed by atoms with Crippen LogP contribution in [0.4, 0.5) is 0 Å². The number of nitrogens with two attached hydrogens (primary N) is 1. The minimum Gasteiger partial charge on any atom is -0.347 e. The second-order valence-corrected chi connectivity index (χ2v) is 7.24. The SMILES string of the molecule is C[C@H](N)c1nc2cccc(C(=O)NC(C)(C)C)c2n1C1CC1. The number of nitrogens with one attached hydrogen (secondary N) is 1. The molecule has 1 saturated carbocycles. The molecular formula is C17H24N4O. The van der Waals surface area contributed by atoms with Gasteiger partial charge in [0.25, 0.3) is 5.91 Å². The van der Waals surface area contributed by atoms with Crippen molar-refractivity contribution in [1.82, 2.24) is 14.9 Å². The summed E-state index contributed by atoms with van der Waals surface area (Å²) in [6, 6.07) is 5.99. The second kappa shape index (κ2) is 5.09. The molecule has 0 saturated heterocycles. The van der Waals surface area contributed by atoms with Crippen LogP contribution in [-0.4, -0.2) is 21.0 Å². The quantitative estimate of drug-likeness (QED) is 0.915. The summed E-state index contributed by atoms with van der Waals surface area (Å²) < 4.78 is 2.18. The highest BCUT2D eigenvalue weighted by atomic mass is 16.1. The molecule has 0 bridgehead atoms. The summed E-state index contributed by atoms with van der Waals surface area (Å²) in [4.78, 5) is 17.3. The number of nitrogens with zero attached hydrogens (tertiary/aromatic N) is 2. The van der Waals surface area contributed by atoms with Crippen LogP contribution < -0.4 is 11.1 Å². The van der Waals surface area contributed by atoms with E-state index in [2.05, 4.69) is 14.9 Å². The fraction of sp³-hybridized carbons (Fsp3) is 0.529. The first kappa shape index (κ1) is 15.0. The van der Waals surface area contributed by atoms with Crippen molar-refractivity contribution >= 4 is 16.9 Å². The maximum absolute atomic E-state index is 12.7. The van der Waals surface area contributed by atoms with Crippen molar-refractivity contribution in [1.29, 1.82) is 0 Å². The Bertz CT molecular complexity index is 720. The molecule has 5 nitrogen and oxygen atoms in total. The number of carbonyl (C=O) groups is 1. The van der Waals surface area contributed by atoms with E-state index in [-0.39, 0.29) is 17.5 Å². The summed E-state index contributed by atoms with van der Waals surface area (Å²) in [6.07, 6.45) is 2.25. The minimum absolute atomic E-state index is 0.0591. The summed E-state index contributed by atoms with van der Waals surface area (Å²) >= 11 is 0. The molecule has 3 N–H and O–H groups in total. The van der Waals surface area contributed by atoms with Gasteiger partial charge in [0.2, 0.25) is 0 Å². The van der Waals surface area contributed by atoms with Gasteiger partial charge in [0, 0.05) is 11.6 Å². The van der Waals surface area contributed by atoms with Gasteiger partial charge in [-0.15, -0.1) is 0 Å². The number of para-hydroxylation sites is 1. The molecule has 1 aliphatic carbocycles. The minimum atomic E-state index is -0.270. The lowest BCUT2D eigenvalue weighted by Crippen LogP contribution is -2.40. The maximum Gasteiger partial charge on any atom is 0.253 e. The summed E-state index contributed by atoms with van der Waals surface area (Å²) in [5.41, 5.74) is 8.26. The lowest BCUT2D eigenvalue weighted by Gasteiger charge is -2.21. The monoisotopic (exact) mass is 300 g/mol. The summed E-state index contributed by atoms with van der Waals surface area (Å²) in [5.74, 6) is 0.810. The van der Waals surface area contributed by atoms with Crippen molar-refractivity contribution < 1.29 is 4.79 Å². The van der Waals surface area contributed by atoms with Crippen molar-refractivity contribution in [2.45, 2.75) is 58.2 Å². The normalized spacial score (nSPS) is 16.8. The van der Waals surface area contributed by atoms with Crippen LogP contribution in [0, 0.1) is 0 Å². The number of benzene rings is 1. The Labute approximate surface area is 130 Å². The maximum atomic E-state index is 12.7. The molecule has 0 aliphatic heterocycles. The van der Waals surface area contributed by atoms with Gasteiger partial charge in [-0.25, -0.2) is 4.98 Å². The predicted molar refractivity (Wildman–Crippen MR) is 87.8 cm³/mol. The van der Waals surface area contributed by atoms with Crippen molar-refractivity contribution in [3.05, 3.63) is 29.6 Å². The van der Waals surface area contributed by atoms with Gasteiger partial charge >= 0.3 is 0 Å². The molecule has 1 aliphatic rings. The van der Waals surface area contributed by atoms with E-state index in [0.29, 0.717) is 11.6 Å². The van der Waals surface area contributed by atoms with Crippen LogP contribution in [0.25, 0.3) is 11.0 Å². The van der Waals surface area contributed by atoms with Gasteiger partial charge in [0.05, 0.1) is 22.6 Å². The Morgan fingerprint density at radius 2 is 2.09 bits per heavy atom. The molecular weight excluding hydrogens is 276 g/mol. The topological polar surface area (TPSA) is 72.9 Å². The van der Waals surface area contributed by atoms with Crippen LogP contribution >= 0.6 is 0 Å². The first-order valence-electron chi connectivity index (χ1n) is 7.87. The standard InChI is InChI=1S/C17H24N4O/c1-10(18)15-19-13-7-5-6-12(16(22)20-17(2,3)4)14(13)21(15)11-8-9-11/h5-7,10-11H,8-9,18H2,1-4H3,(H,20,22)/t10-/m0/s1. The average molecular weight is 300 g/mol. The lowest BCUT2D eigenvalue weighted by atomic mass is 10.1. The first-order chi connectivity index (χ1) is 10.3. The molecule has 1 aromatic heterocycles. The number of hydrogen-bond acceptors (Lipinski definition) is 3. The lowest BCUT2D eigenvalue weighted by molar-refractivity contribution is 0.0921. The van der Waals surface area contributed by atoms with Crippen molar-refractivity contribution in [2.75, 3.05) is 0 Å². The van der Waals surface area contributed by atoms with Gasteiger partial charge < -0.3 is 15.6 Å². The molecule has 0 radical (unpaired) electrons. The number of rotatable bonds is 3. The Morgan fingerprint density at radius 1 is 1.41 bits per heavy atom. The van der Waals surface area contributed by atoms with E-state index in [0.717, 1.165) is 29.7 Å². The van der Waals surface area contributed by atoms with E-state index in [1.165, 1.54) is 0 Å². The fourth-order valence-electron chi connectivity index (χ4n) is 2.78. The van der Waals surface area contributed by atoms with Crippen LogP contribution in [0.5, 0.6) is 0 Å². The molecule has 1 fully saturated rings. The van der Waals surface area contributed by atoms with Crippen molar-refractivity contribution in [3.63, 3.8) is 0 Å². The van der Waals surface area contributed by atoms with E-state index >= 15 is 0 Å². The van der Waals surface area contributed by atoms with E-state index in [1.807, 2.05) is 45.9 Å². The van der Waals surface area contributed by atoms with E-state index in [4.69, 9.17) is 5.73 Å². The number of imidazole rings is 1. The first-order valence-corrected chi connectivity index (χ1v) is 7.87. The van der Waals surface area contributed by atoms with E-state index in [1.54, 1.807) is 0 Å². The van der Waals surface area contributed by atoms with Crippen LogP contribution in [0.2, 0.25) is 0 Å². The van der Waals surface area contributed by atoms with Crippen molar-refractivity contribution in [3.8, 4) is 0 Å². The van der Waals surface area contributed by atoms with Gasteiger partial charge in [-0.05, 0) is 52.7 Å². The zero-order valence-corrected chi connectivity index (χ0v) is 13.7. The Morgan fingerprint density at radius 3 is 2.64 bits per heavy atom. The third kappa shape index (κ3) is 2.73. The highest BCUT2D eigenvalue weighted by molar-refractivity contribution is 6.05. The molecule has 1 atom stereocenters. The van der Waals surface area contributed by atoms with Crippen molar-refractivity contribution in [2.24, 2.45) is 5.73 Å². The summed E-state index contributed by atoms with van der Waals surface area (Å²) in [6.45, 7) is 7.89. The highest BCUT2D eigenvalue weighted by Gasteiger charge is 2.31. The molecule has 1 aromatic carbocycles. The van der Waals surface area contributed by atoms with Gasteiger partial charge in [-0.1, -0.05) is 6.07 Å². The van der Waals surface area contributed by atoms with Gasteiger partial charge in [-0.2, -0.15) is 0 Å². The molecule has 118 valence electrons. The molecule has 1 amide bonds. The number of carbonyl (C=O) groups excluding carboxylic acids is 1. The van der Waals surface area contributed by atoms with Gasteiger partial charge in [0.15, 0.2) is 0 Å². The number of fused-ring (bicyclic) bond motifs is 1. The molecule has 0 spiro atoms. The van der Waals surface area contributed by atoms with Crippen LogP contribution in [0.3, 0.4) is 0 Å². The Hall–Kier alpha value is -1.88. The average Bonchev–Trinajstić information content (AvgIpc) is 3.15. The Balaban J connectivity index is 2.17. The van der Waals surface area contributed by atoms with Crippen LogP contribution in [0.15, 0.2) is 18.2 Å². The second-order valence-electron chi connectivity index (χ2n) is 7.24. The fourth-order valence-corrected chi connectivity index (χ4v) is 2.78. The number of amides is 1. The zero-order chi connectivity index (χ0) is 16.1. The molecule has 3 rings (SSSR count). The van der Waals surface area contributed by atoms with E-state index in [9.17, 15) is 4.79 Å². The van der Waals surface area contributed by atoms with Crippen LogP contribution in [-0.2, 0) is 0 Å².